The summed E-state index contributed by atoms with van der Waals surface area (Å²) in [6, 6.07) is 17.3. The molecule has 0 aliphatic carbocycles. The molecule has 3 aromatic carbocycles. The van der Waals surface area contributed by atoms with Gasteiger partial charge in [-0.3, -0.25) is 0 Å². The number of hydrogen-bond donors (Lipinski definition) is 2. The smallest absolute Gasteiger partial charge is 0.445 e. The zero-order valence-electron chi connectivity index (χ0n) is 24.7. The van der Waals surface area contributed by atoms with Crippen molar-refractivity contribution in [3.8, 4) is 5.75 Å². The molecule has 0 spiro atoms. The van der Waals surface area contributed by atoms with Crippen LogP contribution in [-0.2, 0) is 24.8 Å². The second-order valence-corrected chi connectivity index (χ2v) is 10.3. The van der Waals surface area contributed by atoms with Gasteiger partial charge in [0.15, 0.2) is 0 Å². The van der Waals surface area contributed by atoms with Crippen molar-refractivity contribution in [2.24, 2.45) is 5.92 Å². The molecule has 11 nitrogen and oxygen atoms in total. The first-order valence-corrected chi connectivity index (χ1v) is 14.2. The summed E-state index contributed by atoms with van der Waals surface area (Å²) < 4.78 is 37.6. The number of aliphatic hydroxyl groups is 1. The summed E-state index contributed by atoms with van der Waals surface area (Å²) in [7, 11) is 0. The Morgan fingerprint density at radius 2 is 1.42 bits per heavy atom. The number of benzene rings is 3. The Morgan fingerprint density at radius 1 is 0.889 bits per heavy atom. The second kappa shape index (κ2) is 15.9. The third kappa shape index (κ3) is 8.75. The van der Waals surface area contributed by atoms with Crippen LogP contribution in [0, 0.1) is 17.6 Å². The Kier molecular flexibility index (Phi) is 12.4. The first kappa shape index (κ1) is 34.9. The van der Waals surface area contributed by atoms with Gasteiger partial charge in [0, 0.05) is 6.54 Å². The van der Waals surface area contributed by atoms with E-state index in [1.807, 2.05) is 0 Å². The predicted molar refractivity (Wildman–Crippen MR) is 158 cm³/mol. The number of esters is 1. The van der Waals surface area contributed by atoms with Crippen molar-refractivity contribution in [1.82, 2.24) is 4.90 Å². The zero-order chi connectivity index (χ0) is 31.7. The van der Waals surface area contributed by atoms with Gasteiger partial charge in [0.05, 0.1) is 18.9 Å². The summed E-state index contributed by atoms with van der Waals surface area (Å²) in [5, 5.41) is 21.6. The Labute approximate surface area is 258 Å². The minimum absolute atomic E-state index is 0. The van der Waals surface area contributed by atoms with E-state index in [0.717, 1.165) is 19.6 Å². The maximum atomic E-state index is 13.6. The molecule has 0 saturated carbocycles. The molecule has 1 heterocycles. The average Bonchev–Trinajstić information content (AvgIpc) is 3.03. The number of amides is 1. The highest BCUT2D eigenvalue weighted by molar-refractivity contribution is 6.30. The number of carbonyl (C=O) groups excluding carboxylic acids is 2. The van der Waals surface area contributed by atoms with Gasteiger partial charge in [-0.1, -0.05) is 24.3 Å². The quantitative estimate of drug-likeness (QED) is 0.146. The fourth-order valence-electron chi connectivity index (χ4n) is 5.29. The molecule has 0 atom stereocenters. The SMILES string of the molecule is CCOC(=O)C(=O)ON(C(=O)O)c1ccc(OCCCN2CCC(C(O)(c3ccc(F)cc3)c3ccc(F)cc3)CC2)cc1.O. The minimum atomic E-state index is -1.60. The molecule has 1 saturated heterocycles. The third-order valence-electron chi connectivity index (χ3n) is 7.50. The van der Waals surface area contributed by atoms with Gasteiger partial charge in [-0.2, -0.15) is 0 Å². The summed E-state index contributed by atoms with van der Waals surface area (Å²) >= 11 is 0. The third-order valence-corrected chi connectivity index (χ3v) is 7.50. The molecule has 1 aliphatic rings. The number of hydrogen-bond acceptors (Lipinski definition) is 8. The molecule has 13 heteroatoms. The van der Waals surface area contributed by atoms with Crippen LogP contribution in [0.15, 0.2) is 72.8 Å². The lowest BCUT2D eigenvalue weighted by molar-refractivity contribution is -0.167. The standard InChI is InChI=1S/C32H34F2N2O8.H2O/c1-2-42-29(37)30(38)44-36(31(39)40)27-12-14-28(15-13-27)43-21-3-18-35-19-16-24(17-20-35)32(41,22-4-8-25(33)9-5-22)23-6-10-26(34)11-7-23;/h4-15,24,41H,2-3,16-21H2,1H3,(H,39,40);1H2. The Hall–Kier alpha value is -4.59. The molecule has 3 aromatic rings. The van der Waals surface area contributed by atoms with Crippen LogP contribution in [-0.4, -0.2) is 71.5 Å². The Morgan fingerprint density at radius 3 is 1.91 bits per heavy atom. The van der Waals surface area contributed by atoms with Gasteiger partial charge < -0.3 is 34.9 Å². The summed E-state index contributed by atoms with van der Waals surface area (Å²) in [6.45, 7) is 4.00. The minimum Gasteiger partial charge on any atom is -0.494 e. The summed E-state index contributed by atoms with van der Waals surface area (Å²) in [4.78, 5) is 41.6. The molecule has 0 aromatic heterocycles. The lowest BCUT2D eigenvalue weighted by atomic mass is 9.72. The van der Waals surface area contributed by atoms with Crippen LogP contribution < -0.4 is 9.80 Å². The van der Waals surface area contributed by atoms with E-state index in [4.69, 9.17) is 4.74 Å². The normalized spacial score (nSPS) is 13.8. The monoisotopic (exact) mass is 630 g/mol. The Balaban J connectivity index is 0.00000552. The molecule has 0 radical (unpaired) electrons. The average molecular weight is 631 g/mol. The summed E-state index contributed by atoms with van der Waals surface area (Å²) in [6.07, 6.45) is 0.446. The van der Waals surface area contributed by atoms with E-state index in [2.05, 4.69) is 14.5 Å². The number of rotatable bonds is 10. The molecule has 242 valence electrons. The first-order chi connectivity index (χ1) is 21.1. The maximum Gasteiger partial charge on any atom is 0.445 e. The number of hydroxylamine groups is 1. The van der Waals surface area contributed by atoms with Crippen molar-refractivity contribution in [3.63, 3.8) is 0 Å². The van der Waals surface area contributed by atoms with Gasteiger partial charge >= 0.3 is 18.0 Å². The number of nitrogens with zero attached hydrogens (tertiary/aromatic N) is 2. The van der Waals surface area contributed by atoms with Crippen LogP contribution in [0.3, 0.4) is 0 Å². The molecule has 4 rings (SSSR count). The zero-order valence-corrected chi connectivity index (χ0v) is 24.7. The van der Waals surface area contributed by atoms with Crippen LogP contribution in [0.5, 0.6) is 5.75 Å². The van der Waals surface area contributed by atoms with E-state index in [9.17, 15) is 33.4 Å². The fraction of sp³-hybridized carbons (Fsp3) is 0.344. The lowest BCUT2D eigenvalue weighted by Gasteiger charge is -2.42. The van der Waals surface area contributed by atoms with E-state index < -0.39 is 35.3 Å². The van der Waals surface area contributed by atoms with Crippen molar-refractivity contribution in [2.75, 3.05) is 37.9 Å². The maximum absolute atomic E-state index is 13.6. The molecular formula is C32H36F2N2O9. The van der Waals surface area contributed by atoms with Crippen LogP contribution in [0.1, 0.15) is 37.3 Å². The number of likely N-dealkylation sites (tertiary alicyclic amines) is 1. The van der Waals surface area contributed by atoms with Crippen molar-refractivity contribution in [1.29, 1.82) is 0 Å². The van der Waals surface area contributed by atoms with E-state index >= 15 is 0 Å². The second-order valence-electron chi connectivity index (χ2n) is 10.3. The number of anilines is 1. The summed E-state index contributed by atoms with van der Waals surface area (Å²) in [5.74, 6) is -3.26. The van der Waals surface area contributed by atoms with Crippen LogP contribution in [0.2, 0.25) is 0 Å². The number of carboxylic acid groups (broad SMARTS) is 1. The van der Waals surface area contributed by atoms with E-state index in [1.54, 1.807) is 24.3 Å². The molecule has 1 amide bonds. The molecule has 0 bridgehead atoms. The highest BCUT2D eigenvalue weighted by Crippen LogP contribution is 2.42. The van der Waals surface area contributed by atoms with Gasteiger partial charge in [-0.25, -0.2) is 23.2 Å². The van der Waals surface area contributed by atoms with E-state index in [1.165, 1.54) is 55.5 Å². The molecule has 45 heavy (non-hydrogen) atoms. The summed E-state index contributed by atoms with van der Waals surface area (Å²) in [5.41, 5.74) is -0.276. The molecule has 1 aliphatic heterocycles. The topological polar surface area (TPSA) is 157 Å². The van der Waals surface area contributed by atoms with Gasteiger partial charge in [0.1, 0.15) is 23.0 Å². The van der Waals surface area contributed by atoms with Crippen molar-refractivity contribution < 1.29 is 53.2 Å². The van der Waals surface area contributed by atoms with Gasteiger partial charge in [0.2, 0.25) is 0 Å². The number of ether oxygens (including phenoxy) is 2. The van der Waals surface area contributed by atoms with Crippen molar-refractivity contribution in [2.45, 2.75) is 31.8 Å². The number of piperidine rings is 1. The van der Waals surface area contributed by atoms with Crippen LogP contribution in [0.4, 0.5) is 19.3 Å². The predicted octanol–water partition coefficient (Wildman–Crippen LogP) is 4.06. The number of halogens is 2. The van der Waals surface area contributed by atoms with Gasteiger partial charge in [0.25, 0.3) is 0 Å². The molecule has 4 N–H and O–H groups in total. The number of carbonyl (C=O) groups is 3. The molecule has 1 fully saturated rings. The largest absolute Gasteiger partial charge is 0.494 e. The lowest BCUT2D eigenvalue weighted by Crippen LogP contribution is -2.44. The van der Waals surface area contributed by atoms with Gasteiger partial charge in [-0.05, 0) is 105 Å². The van der Waals surface area contributed by atoms with E-state index in [0.29, 0.717) is 42.7 Å². The van der Waals surface area contributed by atoms with Crippen molar-refractivity contribution in [3.05, 3.63) is 95.6 Å². The molecule has 0 unspecified atom stereocenters. The molecular weight excluding hydrogens is 594 g/mol. The first-order valence-electron chi connectivity index (χ1n) is 14.2. The van der Waals surface area contributed by atoms with E-state index in [-0.39, 0.29) is 28.8 Å². The van der Waals surface area contributed by atoms with Crippen LogP contribution >= 0.6 is 0 Å². The highest BCUT2D eigenvalue weighted by atomic mass is 19.1. The van der Waals surface area contributed by atoms with Crippen molar-refractivity contribution >= 4 is 23.7 Å². The highest BCUT2D eigenvalue weighted by Gasteiger charge is 2.41. The fourth-order valence-corrected chi connectivity index (χ4v) is 5.29. The van der Waals surface area contributed by atoms with Crippen LogP contribution in [0.25, 0.3) is 0 Å². The van der Waals surface area contributed by atoms with Gasteiger partial charge in [-0.15, -0.1) is 5.06 Å². The Bertz CT molecular complexity index is 1370.